The van der Waals surface area contributed by atoms with Crippen LogP contribution < -0.4 is 9.80 Å². The Labute approximate surface area is 430 Å². The summed E-state index contributed by atoms with van der Waals surface area (Å²) in [5, 5.41) is 0. The highest BCUT2D eigenvalue weighted by Crippen LogP contribution is 2.58. The molecule has 0 N–H and O–H groups in total. The standard InChI is InChI=1S/C69H84N2/c1-10-13-16-19-20-29-40-69(58-46-56(30-23-17-14-11-2)45-57(47-58)31-24-18-15-12-3)65-48-61(70(59-32-25-21-26-33-59)67-52(6)41-50(4)42-53(67)7)36-38-63(65)64-39-37-62(49-66(64)69)71(60-34-27-22-28-35-60)68-54(8)43-51(5)44-55(68)9/h21-22,25-28,32-39,41-49H,10-20,23-24,29-31,40H2,1-9H3. The average molecular weight is 941 g/mol. The molecule has 0 aromatic heterocycles. The second-order valence-corrected chi connectivity index (χ2v) is 21.4. The molecular weight excluding hydrogens is 857 g/mol. The van der Waals surface area contributed by atoms with Crippen LogP contribution >= 0.6 is 0 Å². The van der Waals surface area contributed by atoms with Gasteiger partial charge in [0.25, 0.3) is 0 Å². The van der Waals surface area contributed by atoms with E-state index in [0.29, 0.717) is 0 Å². The lowest BCUT2D eigenvalue weighted by atomic mass is 9.68. The molecular formula is C69H84N2. The molecule has 71 heavy (non-hydrogen) atoms. The van der Waals surface area contributed by atoms with Gasteiger partial charge in [-0.3, -0.25) is 0 Å². The zero-order chi connectivity index (χ0) is 49.9. The van der Waals surface area contributed by atoms with E-state index >= 15 is 0 Å². The summed E-state index contributed by atoms with van der Waals surface area (Å²) in [7, 11) is 0. The van der Waals surface area contributed by atoms with Crippen LogP contribution in [-0.4, -0.2) is 0 Å². The lowest BCUT2D eigenvalue weighted by Gasteiger charge is -2.36. The first kappa shape index (κ1) is 51.5. The molecule has 2 nitrogen and oxygen atoms in total. The summed E-state index contributed by atoms with van der Waals surface area (Å²) >= 11 is 0. The summed E-state index contributed by atoms with van der Waals surface area (Å²) in [6.45, 7) is 20.6. The van der Waals surface area contributed by atoms with Gasteiger partial charge in [-0.15, -0.1) is 0 Å². The number of nitrogens with zero attached hydrogens (tertiary/aromatic N) is 2. The van der Waals surface area contributed by atoms with Gasteiger partial charge in [0.15, 0.2) is 0 Å². The van der Waals surface area contributed by atoms with Gasteiger partial charge in [-0.1, -0.05) is 200 Å². The van der Waals surface area contributed by atoms with Crippen LogP contribution in [0.3, 0.4) is 0 Å². The summed E-state index contributed by atoms with van der Waals surface area (Å²) in [6, 6.07) is 54.7. The SMILES string of the molecule is CCCCCCCCC1(c2cc(CCCCCC)cc(CCCCCC)c2)c2cc(N(c3ccccc3)c3c(C)cc(C)cc3C)ccc2-c2ccc(N(c3ccccc3)c3c(C)cc(C)cc3C)cc21. The highest BCUT2D eigenvalue weighted by Gasteiger charge is 2.45. The Kier molecular flexibility index (Phi) is 17.4. The number of benzene rings is 7. The second-order valence-electron chi connectivity index (χ2n) is 21.4. The zero-order valence-corrected chi connectivity index (χ0v) is 45.2. The zero-order valence-electron chi connectivity index (χ0n) is 45.2. The first-order valence-corrected chi connectivity index (χ1v) is 27.9. The van der Waals surface area contributed by atoms with Crippen LogP contribution in [0.25, 0.3) is 11.1 Å². The van der Waals surface area contributed by atoms with E-state index in [-0.39, 0.29) is 5.41 Å². The van der Waals surface area contributed by atoms with Crippen LogP contribution in [0.4, 0.5) is 34.1 Å². The third kappa shape index (κ3) is 11.4. The number of anilines is 6. The van der Waals surface area contributed by atoms with E-state index in [1.807, 2.05) is 0 Å². The maximum Gasteiger partial charge on any atom is 0.0520 e. The highest BCUT2D eigenvalue weighted by atomic mass is 15.2. The molecule has 0 spiro atoms. The van der Waals surface area contributed by atoms with E-state index < -0.39 is 0 Å². The Morgan fingerprint density at radius 2 is 0.732 bits per heavy atom. The minimum atomic E-state index is -0.377. The first-order valence-electron chi connectivity index (χ1n) is 27.9. The Morgan fingerprint density at radius 1 is 0.352 bits per heavy atom. The molecule has 0 aliphatic heterocycles. The molecule has 1 aliphatic carbocycles. The molecule has 0 bridgehead atoms. The van der Waals surface area contributed by atoms with Crippen molar-refractivity contribution < 1.29 is 0 Å². The van der Waals surface area contributed by atoms with E-state index in [1.165, 1.54) is 196 Å². The van der Waals surface area contributed by atoms with Crippen LogP contribution in [-0.2, 0) is 18.3 Å². The fourth-order valence-electron chi connectivity index (χ4n) is 12.4. The first-order chi connectivity index (χ1) is 34.6. The smallest absolute Gasteiger partial charge is 0.0520 e. The normalized spacial score (nSPS) is 12.5. The van der Waals surface area contributed by atoms with Crippen LogP contribution in [0.2, 0.25) is 0 Å². The van der Waals surface area contributed by atoms with Gasteiger partial charge in [-0.2, -0.15) is 0 Å². The molecule has 0 fully saturated rings. The van der Waals surface area contributed by atoms with Gasteiger partial charge < -0.3 is 9.80 Å². The van der Waals surface area contributed by atoms with Crippen molar-refractivity contribution >= 4 is 34.1 Å². The fraction of sp³-hybridized carbons (Fsp3) is 0.391. The predicted molar refractivity (Wildman–Crippen MR) is 310 cm³/mol. The van der Waals surface area contributed by atoms with Gasteiger partial charge in [0, 0.05) is 28.2 Å². The van der Waals surface area contributed by atoms with E-state index in [2.05, 4.69) is 212 Å². The van der Waals surface area contributed by atoms with Crippen molar-refractivity contribution in [3.8, 4) is 11.1 Å². The van der Waals surface area contributed by atoms with E-state index in [9.17, 15) is 0 Å². The van der Waals surface area contributed by atoms with Crippen molar-refractivity contribution in [2.45, 2.75) is 177 Å². The molecule has 0 saturated heterocycles. The highest BCUT2D eigenvalue weighted by molar-refractivity contribution is 5.91. The Balaban J connectivity index is 1.43. The number of unbranched alkanes of at least 4 members (excludes halogenated alkanes) is 11. The maximum absolute atomic E-state index is 2.68. The maximum atomic E-state index is 2.68. The van der Waals surface area contributed by atoms with E-state index in [1.54, 1.807) is 0 Å². The minimum Gasteiger partial charge on any atom is -0.310 e. The van der Waals surface area contributed by atoms with Gasteiger partial charge in [0.1, 0.15) is 0 Å². The fourth-order valence-corrected chi connectivity index (χ4v) is 12.4. The molecule has 0 amide bonds. The molecule has 0 saturated carbocycles. The van der Waals surface area contributed by atoms with Crippen molar-refractivity contribution in [2.75, 3.05) is 9.80 Å². The summed E-state index contributed by atoms with van der Waals surface area (Å²) in [5.74, 6) is 0. The Hall–Kier alpha value is -5.86. The summed E-state index contributed by atoms with van der Waals surface area (Å²) in [6.07, 6.45) is 21.0. The van der Waals surface area contributed by atoms with Crippen LogP contribution in [0, 0.1) is 41.5 Å². The largest absolute Gasteiger partial charge is 0.310 e. The van der Waals surface area contributed by atoms with Crippen molar-refractivity contribution in [3.05, 3.63) is 201 Å². The quantitative estimate of drug-likeness (QED) is 0.0557. The van der Waals surface area contributed by atoms with Gasteiger partial charge in [-0.05, 0) is 183 Å². The monoisotopic (exact) mass is 941 g/mol. The van der Waals surface area contributed by atoms with Gasteiger partial charge in [-0.25, -0.2) is 0 Å². The predicted octanol–water partition coefficient (Wildman–Crippen LogP) is 20.8. The molecule has 2 heteroatoms. The number of rotatable bonds is 24. The molecule has 0 unspecified atom stereocenters. The summed E-state index contributed by atoms with van der Waals surface area (Å²) in [4.78, 5) is 5.11. The Morgan fingerprint density at radius 3 is 1.14 bits per heavy atom. The molecule has 8 rings (SSSR count). The summed E-state index contributed by atoms with van der Waals surface area (Å²) < 4.78 is 0. The lowest BCUT2D eigenvalue weighted by molar-refractivity contribution is 0.505. The van der Waals surface area contributed by atoms with Crippen molar-refractivity contribution in [3.63, 3.8) is 0 Å². The second kappa shape index (κ2) is 24.0. The molecule has 0 radical (unpaired) electrons. The molecule has 370 valence electrons. The van der Waals surface area contributed by atoms with Crippen molar-refractivity contribution in [1.82, 2.24) is 0 Å². The van der Waals surface area contributed by atoms with E-state index in [4.69, 9.17) is 0 Å². The molecule has 7 aromatic carbocycles. The number of para-hydroxylation sites is 2. The number of aryl methyl sites for hydroxylation is 8. The van der Waals surface area contributed by atoms with Crippen LogP contribution in [0.1, 0.15) is 178 Å². The van der Waals surface area contributed by atoms with Crippen LogP contribution in [0.5, 0.6) is 0 Å². The van der Waals surface area contributed by atoms with Crippen molar-refractivity contribution in [2.24, 2.45) is 0 Å². The van der Waals surface area contributed by atoms with Gasteiger partial charge in [0.05, 0.1) is 11.4 Å². The van der Waals surface area contributed by atoms with E-state index in [0.717, 1.165) is 19.3 Å². The minimum absolute atomic E-state index is 0.377. The summed E-state index contributed by atoms with van der Waals surface area (Å²) in [5.41, 5.74) is 24.9. The third-order valence-electron chi connectivity index (χ3n) is 15.6. The van der Waals surface area contributed by atoms with Gasteiger partial charge >= 0.3 is 0 Å². The lowest BCUT2D eigenvalue weighted by Crippen LogP contribution is -2.28. The number of fused-ring (bicyclic) bond motifs is 3. The molecule has 0 heterocycles. The topological polar surface area (TPSA) is 6.48 Å². The number of hydrogen-bond donors (Lipinski definition) is 0. The molecule has 1 aliphatic rings. The molecule has 7 aromatic rings. The van der Waals surface area contributed by atoms with Crippen LogP contribution in [0.15, 0.2) is 140 Å². The average Bonchev–Trinajstić information content (AvgIpc) is 3.64. The Bertz CT molecular complexity index is 2620. The third-order valence-corrected chi connectivity index (χ3v) is 15.6. The number of hydrogen-bond acceptors (Lipinski definition) is 2. The van der Waals surface area contributed by atoms with Crippen molar-refractivity contribution in [1.29, 1.82) is 0 Å². The van der Waals surface area contributed by atoms with Gasteiger partial charge in [0.2, 0.25) is 0 Å². The molecule has 0 atom stereocenters.